The second-order valence-corrected chi connectivity index (χ2v) is 3.41. The number of hydrogen-bond acceptors (Lipinski definition) is 3. The lowest BCUT2D eigenvalue weighted by molar-refractivity contribution is 1.10. The standard InChI is InChI=1S/C10H12ClN3/c1-7-5-8(2)14-10(9(7)6-12)13-4-3-11/h5H,3-4H2,1-2H3,(H,13,14). The molecule has 0 spiro atoms. The molecule has 0 fully saturated rings. The number of nitrogens with zero attached hydrogens (tertiary/aromatic N) is 2. The summed E-state index contributed by atoms with van der Waals surface area (Å²) in [6.45, 7) is 4.42. The molecule has 1 heterocycles. The number of aromatic nitrogens is 1. The number of anilines is 1. The van der Waals surface area contributed by atoms with Crippen molar-refractivity contribution < 1.29 is 0 Å². The van der Waals surface area contributed by atoms with E-state index in [4.69, 9.17) is 16.9 Å². The molecule has 3 nitrogen and oxygen atoms in total. The number of aryl methyl sites for hydroxylation is 2. The number of alkyl halides is 1. The summed E-state index contributed by atoms with van der Waals surface area (Å²) in [6, 6.07) is 4.03. The van der Waals surface area contributed by atoms with Crippen LogP contribution in [0.5, 0.6) is 0 Å². The van der Waals surface area contributed by atoms with Crippen molar-refractivity contribution in [2.45, 2.75) is 13.8 Å². The minimum atomic E-state index is 0.500. The monoisotopic (exact) mass is 209 g/mol. The lowest BCUT2D eigenvalue weighted by Gasteiger charge is -2.08. The van der Waals surface area contributed by atoms with Crippen molar-refractivity contribution in [2.75, 3.05) is 17.7 Å². The third-order valence-electron chi connectivity index (χ3n) is 1.84. The topological polar surface area (TPSA) is 48.7 Å². The Bertz CT molecular complexity index is 368. The first-order chi connectivity index (χ1) is 6.69. The molecule has 0 unspecified atom stereocenters. The fraction of sp³-hybridized carbons (Fsp3) is 0.400. The summed E-state index contributed by atoms with van der Waals surface area (Å²) in [5, 5.41) is 12.0. The third kappa shape index (κ3) is 2.36. The Hall–Kier alpha value is -1.27. The maximum atomic E-state index is 8.93. The molecule has 4 heteroatoms. The van der Waals surface area contributed by atoms with Crippen molar-refractivity contribution in [2.24, 2.45) is 0 Å². The molecule has 0 aliphatic rings. The molecule has 0 saturated heterocycles. The van der Waals surface area contributed by atoms with Gasteiger partial charge in [0.15, 0.2) is 0 Å². The molecule has 74 valence electrons. The summed E-state index contributed by atoms with van der Waals surface area (Å²) in [6.07, 6.45) is 0. The zero-order valence-electron chi connectivity index (χ0n) is 8.26. The summed E-state index contributed by atoms with van der Waals surface area (Å²) in [7, 11) is 0. The molecule has 14 heavy (non-hydrogen) atoms. The van der Waals surface area contributed by atoms with Crippen molar-refractivity contribution >= 4 is 17.4 Å². The molecule has 0 bridgehead atoms. The van der Waals surface area contributed by atoms with Gasteiger partial charge in [-0.15, -0.1) is 11.6 Å². The summed E-state index contributed by atoms with van der Waals surface area (Å²) in [5.74, 6) is 1.13. The molecule has 0 aromatic carbocycles. The molecule has 1 aromatic heterocycles. The Morgan fingerprint density at radius 3 is 2.86 bits per heavy atom. The van der Waals surface area contributed by atoms with Crippen LogP contribution in [0.2, 0.25) is 0 Å². The highest BCUT2D eigenvalue weighted by Gasteiger charge is 2.06. The van der Waals surface area contributed by atoms with E-state index >= 15 is 0 Å². The first kappa shape index (κ1) is 10.8. The maximum absolute atomic E-state index is 8.93. The Labute approximate surface area is 88.7 Å². The average Bonchev–Trinajstić information content (AvgIpc) is 2.14. The van der Waals surface area contributed by atoms with E-state index in [-0.39, 0.29) is 0 Å². The summed E-state index contributed by atoms with van der Waals surface area (Å²) < 4.78 is 0. The highest BCUT2D eigenvalue weighted by atomic mass is 35.5. The van der Waals surface area contributed by atoms with E-state index in [0.717, 1.165) is 11.3 Å². The summed E-state index contributed by atoms with van der Waals surface area (Å²) >= 11 is 5.55. The average molecular weight is 210 g/mol. The molecular formula is C10H12ClN3. The van der Waals surface area contributed by atoms with E-state index in [2.05, 4.69) is 16.4 Å². The fourth-order valence-corrected chi connectivity index (χ4v) is 1.37. The predicted molar refractivity (Wildman–Crippen MR) is 57.6 cm³/mol. The van der Waals surface area contributed by atoms with Crippen molar-refractivity contribution in [3.05, 3.63) is 22.9 Å². The Balaban J connectivity index is 3.07. The van der Waals surface area contributed by atoms with Crippen LogP contribution in [0.25, 0.3) is 0 Å². The minimum absolute atomic E-state index is 0.500. The summed E-state index contributed by atoms with van der Waals surface area (Å²) in [4.78, 5) is 4.25. The lowest BCUT2D eigenvalue weighted by Crippen LogP contribution is -2.07. The van der Waals surface area contributed by atoms with Crippen molar-refractivity contribution in [3.63, 3.8) is 0 Å². The van der Waals surface area contributed by atoms with Gasteiger partial charge in [-0.25, -0.2) is 4.98 Å². The Kier molecular flexibility index (Phi) is 3.73. The van der Waals surface area contributed by atoms with Gasteiger partial charge in [-0.2, -0.15) is 5.26 Å². The van der Waals surface area contributed by atoms with Crippen LogP contribution >= 0.6 is 11.6 Å². The molecule has 1 aromatic rings. The van der Waals surface area contributed by atoms with Gasteiger partial charge in [0.05, 0.1) is 5.56 Å². The molecule has 0 atom stereocenters. The van der Waals surface area contributed by atoms with Crippen LogP contribution < -0.4 is 5.32 Å². The fourth-order valence-electron chi connectivity index (χ4n) is 1.27. The first-order valence-corrected chi connectivity index (χ1v) is 4.90. The second kappa shape index (κ2) is 4.83. The van der Waals surface area contributed by atoms with Crippen LogP contribution in [0.15, 0.2) is 6.07 Å². The number of nitriles is 1. The lowest BCUT2D eigenvalue weighted by atomic mass is 10.1. The van der Waals surface area contributed by atoms with E-state index in [1.807, 2.05) is 19.9 Å². The number of nitrogens with one attached hydrogen (secondary N) is 1. The van der Waals surface area contributed by atoms with Crippen LogP contribution in [0, 0.1) is 25.2 Å². The van der Waals surface area contributed by atoms with Crippen LogP contribution in [-0.2, 0) is 0 Å². The summed E-state index contributed by atoms with van der Waals surface area (Å²) in [5.41, 5.74) is 2.44. The van der Waals surface area contributed by atoms with Gasteiger partial charge in [0.25, 0.3) is 0 Å². The molecular weight excluding hydrogens is 198 g/mol. The van der Waals surface area contributed by atoms with Gasteiger partial charge in [-0.3, -0.25) is 0 Å². The molecule has 1 N–H and O–H groups in total. The van der Waals surface area contributed by atoms with Gasteiger partial charge in [-0.1, -0.05) is 0 Å². The van der Waals surface area contributed by atoms with Gasteiger partial charge in [-0.05, 0) is 25.5 Å². The van der Waals surface area contributed by atoms with E-state index in [1.165, 1.54) is 0 Å². The van der Waals surface area contributed by atoms with Crippen LogP contribution in [-0.4, -0.2) is 17.4 Å². The SMILES string of the molecule is Cc1cc(C)c(C#N)c(NCCCl)n1. The highest BCUT2D eigenvalue weighted by molar-refractivity contribution is 6.18. The maximum Gasteiger partial charge on any atom is 0.144 e. The van der Waals surface area contributed by atoms with E-state index in [9.17, 15) is 0 Å². The van der Waals surface area contributed by atoms with Crippen LogP contribution in [0.1, 0.15) is 16.8 Å². The van der Waals surface area contributed by atoms with Crippen molar-refractivity contribution in [1.82, 2.24) is 4.98 Å². The molecule has 0 saturated carbocycles. The predicted octanol–water partition coefficient (Wildman–Crippen LogP) is 2.22. The van der Waals surface area contributed by atoms with E-state index < -0.39 is 0 Å². The Morgan fingerprint density at radius 2 is 2.29 bits per heavy atom. The Morgan fingerprint density at radius 1 is 1.57 bits per heavy atom. The second-order valence-electron chi connectivity index (χ2n) is 3.03. The number of rotatable bonds is 3. The van der Waals surface area contributed by atoms with Gasteiger partial charge < -0.3 is 5.32 Å². The molecule has 0 amide bonds. The highest BCUT2D eigenvalue weighted by Crippen LogP contribution is 2.16. The third-order valence-corrected chi connectivity index (χ3v) is 2.03. The first-order valence-electron chi connectivity index (χ1n) is 4.37. The van der Waals surface area contributed by atoms with Gasteiger partial charge in [0.1, 0.15) is 11.9 Å². The van der Waals surface area contributed by atoms with Crippen LogP contribution in [0.3, 0.4) is 0 Å². The van der Waals surface area contributed by atoms with Crippen LogP contribution in [0.4, 0.5) is 5.82 Å². The van der Waals surface area contributed by atoms with Gasteiger partial charge in [0, 0.05) is 18.1 Å². The van der Waals surface area contributed by atoms with Gasteiger partial charge >= 0.3 is 0 Å². The zero-order chi connectivity index (χ0) is 10.6. The van der Waals surface area contributed by atoms with E-state index in [1.54, 1.807) is 0 Å². The molecule has 0 radical (unpaired) electrons. The normalized spacial score (nSPS) is 9.57. The smallest absolute Gasteiger partial charge is 0.144 e. The van der Waals surface area contributed by atoms with Crippen molar-refractivity contribution in [1.29, 1.82) is 5.26 Å². The number of halogens is 1. The molecule has 1 rings (SSSR count). The molecule has 0 aliphatic carbocycles. The van der Waals surface area contributed by atoms with E-state index in [0.29, 0.717) is 23.8 Å². The largest absolute Gasteiger partial charge is 0.368 e. The quantitative estimate of drug-likeness (QED) is 0.777. The van der Waals surface area contributed by atoms with Gasteiger partial charge in [0.2, 0.25) is 0 Å². The van der Waals surface area contributed by atoms with Crippen molar-refractivity contribution in [3.8, 4) is 6.07 Å². The number of hydrogen-bond donors (Lipinski definition) is 1. The minimum Gasteiger partial charge on any atom is -0.368 e. The molecule has 0 aliphatic heterocycles. The zero-order valence-corrected chi connectivity index (χ0v) is 9.02. The number of pyridine rings is 1.